The predicted octanol–water partition coefficient (Wildman–Crippen LogP) is 7.86. The molecule has 0 amide bonds. The highest BCUT2D eigenvalue weighted by molar-refractivity contribution is 6.23. The van der Waals surface area contributed by atoms with Crippen LogP contribution in [0.25, 0.3) is 11.0 Å². The summed E-state index contributed by atoms with van der Waals surface area (Å²) in [4.78, 5) is 44.8. The van der Waals surface area contributed by atoms with Gasteiger partial charge in [-0.15, -0.1) is 0 Å². The van der Waals surface area contributed by atoms with Gasteiger partial charge in [0.15, 0.2) is 23.1 Å². The topological polar surface area (TPSA) is 125 Å². The number of ketones is 2. The first-order chi connectivity index (χ1) is 20.8. The molecule has 2 aliphatic carbocycles. The van der Waals surface area contributed by atoms with Crippen molar-refractivity contribution in [1.29, 1.82) is 0 Å². The number of Topliss-reactive ketones (excluding diaryl/α,β-unsaturated/α-hetero) is 2. The first kappa shape index (κ1) is 34.2. The first-order valence-electron chi connectivity index (χ1n) is 15.7. The van der Waals surface area contributed by atoms with Crippen LogP contribution in [0.4, 0.5) is 0 Å². The molecular weight excluding hydrogens is 568 g/mol. The Morgan fingerprint density at radius 3 is 2.13 bits per heavy atom. The molecule has 2 aliphatic rings. The molecule has 1 saturated carbocycles. The predicted molar refractivity (Wildman–Crippen MR) is 178 cm³/mol. The van der Waals surface area contributed by atoms with Crippen LogP contribution >= 0.6 is 0 Å². The summed E-state index contributed by atoms with van der Waals surface area (Å²) in [6.45, 7) is 23.6. The van der Waals surface area contributed by atoms with Gasteiger partial charge in [0.2, 0.25) is 5.43 Å². The summed E-state index contributed by atoms with van der Waals surface area (Å²) in [7, 11) is 0. The molecule has 242 valence electrons. The molecule has 3 N–H and O–H groups in total. The molecule has 0 spiro atoms. The fourth-order valence-electron chi connectivity index (χ4n) is 7.55. The summed E-state index contributed by atoms with van der Waals surface area (Å²) in [5.41, 5.74) is -1.21. The number of carbonyl (C=O) groups is 2. The lowest BCUT2D eigenvalue weighted by molar-refractivity contribution is -0.152. The van der Waals surface area contributed by atoms with Crippen molar-refractivity contribution in [2.75, 3.05) is 0 Å². The van der Waals surface area contributed by atoms with Crippen LogP contribution in [0.3, 0.4) is 0 Å². The fraction of sp³-hybridized carbons (Fsp3) is 0.500. The molecule has 2 aromatic rings. The monoisotopic (exact) mass is 616 g/mol. The van der Waals surface area contributed by atoms with Gasteiger partial charge in [0.05, 0.1) is 22.3 Å². The van der Waals surface area contributed by atoms with E-state index in [1.54, 1.807) is 6.92 Å². The third-order valence-corrected chi connectivity index (χ3v) is 10.6. The lowest BCUT2D eigenvalue weighted by atomic mass is 9.39. The maximum atomic E-state index is 15.5. The zero-order chi connectivity index (χ0) is 33.8. The highest BCUT2D eigenvalue weighted by atomic mass is 16.3. The Morgan fingerprint density at radius 2 is 1.58 bits per heavy atom. The van der Waals surface area contributed by atoms with Crippen molar-refractivity contribution in [2.24, 2.45) is 22.7 Å². The van der Waals surface area contributed by atoms with Crippen molar-refractivity contribution in [2.45, 2.75) is 99.0 Å². The van der Waals surface area contributed by atoms with Gasteiger partial charge in [-0.3, -0.25) is 14.4 Å². The van der Waals surface area contributed by atoms with E-state index in [1.807, 2.05) is 54.5 Å². The second-order valence-corrected chi connectivity index (χ2v) is 14.6. The van der Waals surface area contributed by atoms with Gasteiger partial charge in [-0.05, 0) is 97.0 Å². The molecule has 4 rings (SSSR count). The molecule has 0 radical (unpaired) electrons. The largest absolute Gasteiger partial charge is 0.504 e. The maximum absolute atomic E-state index is 15.5. The number of aliphatic hydroxyl groups is 1. The highest BCUT2D eigenvalue weighted by Gasteiger charge is 2.72. The van der Waals surface area contributed by atoms with Gasteiger partial charge < -0.3 is 19.7 Å². The number of carbonyl (C=O) groups excluding carboxylic acids is 2. The molecule has 1 aromatic carbocycles. The first-order valence-corrected chi connectivity index (χ1v) is 15.7. The second kappa shape index (κ2) is 11.9. The second-order valence-electron chi connectivity index (χ2n) is 14.6. The maximum Gasteiger partial charge on any atom is 0.204 e. The van der Waals surface area contributed by atoms with Crippen LogP contribution < -0.4 is 5.43 Å². The summed E-state index contributed by atoms with van der Waals surface area (Å²) < 4.78 is 6.44. The van der Waals surface area contributed by atoms with Crippen molar-refractivity contribution in [1.82, 2.24) is 0 Å². The molecule has 2 bridgehead atoms. The Balaban J connectivity index is 2.16. The van der Waals surface area contributed by atoms with E-state index < -0.39 is 51.0 Å². The molecule has 1 unspecified atom stereocenters. The normalized spacial score (nSPS) is 24.9. The van der Waals surface area contributed by atoms with E-state index in [2.05, 4.69) is 19.2 Å². The molecule has 5 atom stereocenters. The van der Waals surface area contributed by atoms with E-state index >= 15 is 4.79 Å². The van der Waals surface area contributed by atoms with Gasteiger partial charge in [-0.1, -0.05) is 61.4 Å². The van der Waals surface area contributed by atoms with Crippen molar-refractivity contribution < 1.29 is 29.3 Å². The Labute approximate surface area is 266 Å². The molecule has 1 heterocycles. The lowest BCUT2D eigenvalue weighted by Gasteiger charge is -2.60. The Hall–Kier alpha value is -3.71. The zero-order valence-corrected chi connectivity index (χ0v) is 28.0. The van der Waals surface area contributed by atoms with E-state index in [1.165, 1.54) is 0 Å². The van der Waals surface area contributed by atoms with Crippen molar-refractivity contribution in [3.8, 4) is 11.5 Å². The summed E-state index contributed by atoms with van der Waals surface area (Å²) >= 11 is 0. The number of fused-ring (bicyclic) bond motifs is 5. The van der Waals surface area contributed by atoms with E-state index in [0.29, 0.717) is 12.0 Å². The summed E-state index contributed by atoms with van der Waals surface area (Å²) in [6, 6.07) is 2.26. The van der Waals surface area contributed by atoms with Gasteiger partial charge in [-0.2, -0.15) is 0 Å². The average molecular weight is 617 g/mol. The van der Waals surface area contributed by atoms with Crippen LogP contribution in [-0.4, -0.2) is 33.0 Å². The number of aliphatic hydroxyl groups excluding tert-OH is 1. The van der Waals surface area contributed by atoms with Gasteiger partial charge in [0.1, 0.15) is 16.9 Å². The SMILES string of the molecule is C=C(C)C(O)C[C@@H](C[C@@]12C[C@H](CC=C(C)C)C(C)(C)[C@@](CC=C(C)C)(C1=O)c1oc3cc(O)c(O)cc3c(=O)c1C2=O)C(=C)C. The summed E-state index contributed by atoms with van der Waals surface area (Å²) in [5.74, 6) is -2.41. The number of phenols is 2. The Kier molecular flexibility index (Phi) is 9.04. The molecule has 45 heavy (non-hydrogen) atoms. The minimum absolute atomic E-state index is 0.00894. The standard InChI is InChI=1S/C38H48O7/c1-20(2)11-12-25-19-37(18-24(22(5)6)15-27(39)23(7)8)33(43)31-32(42)26-16-28(40)29(41)17-30(26)45-34(31)38(35(37)44,36(25,9)10)14-13-21(3)4/h11,13,16-17,24-25,27,39-41H,5,7,12,14-15,18-19H2,1-4,6,8-10H3/t24-,25-,27?,37-,38+/m0/s1. The number of benzene rings is 1. The van der Waals surface area contributed by atoms with Gasteiger partial charge in [0, 0.05) is 6.07 Å². The molecule has 0 aliphatic heterocycles. The summed E-state index contributed by atoms with van der Waals surface area (Å²) in [6.07, 6.45) is 4.61. The van der Waals surface area contributed by atoms with Crippen LogP contribution in [0.2, 0.25) is 0 Å². The Morgan fingerprint density at radius 1 is 0.978 bits per heavy atom. The molecular formula is C38H48O7. The van der Waals surface area contributed by atoms with Crippen LogP contribution in [0.1, 0.15) is 104 Å². The molecule has 7 nitrogen and oxygen atoms in total. The molecule has 1 fully saturated rings. The minimum atomic E-state index is -1.59. The van der Waals surface area contributed by atoms with Crippen LogP contribution in [0, 0.1) is 22.7 Å². The van der Waals surface area contributed by atoms with E-state index in [0.717, 1.165) is 28.9 Å². The van der Waals surface area contributed by atoms with Crippen LogP contribution in [-0.2, 0) is 10.2 Å². The van der Waals surface area contributed by atoms with Gasteiger partial charge >= 0.3 is 0 Å². The van der Waals surface area contributed by atoms with E-state index in [-0.39, 0.29) is 59.7 Å². The van der Waals surface area contributed by atoms with Crippen LogP contribution in [0.5, 0.6) is 11.5 Å². The quantitative estimate of drug-likeness (QED) is 0.141. The smallest absolute Gasteiger partial charge is 0.204 e. The van der Waals surface area contributed by atoms with Crippen molar-refractivity contribution in [3.05, 3.63) is 81.3 Å². The number of allylic oxidation sites excluding steroid dienone is 5. The lowest BCUT2D eigenvalue weighted by Crippen LogP contribution is -2.68. The molecule has 7 heteroatoms. The average Bonchev–Trinajstić information content (AvgIpc) is 2.93. The third kappa shape index (κ3) is 5.43. The van der Waals surface area contributed by atoms with E-state index in [9.17, 15) is 24.9 Å². The van der Waals surface area contributed by atoms with Crippen molar-refractivity contribution in [3.63, 3.8) is 0 Å². The van der Waals surface area contributed by atoms with E-state index in [4.69, 9.17) is 4.42 Å². The fourth-order valence-corrected chi connectivity index (χ4v) is 7.55. The molecule has 0 saturated heterocycles. The number of hydrogen-bond donors (Lipinski definition) is 3. The van der Waals surface area contributed by atoms with Gasteiger partial charge in [-0.25, -0.2) is 0 Å². The number of aromatic hydroxyl groups is 2. The van der Waals surface area contributed by atoms with Crippen molar-refractivity contribution >= 4 is 22.5 Å². The molecule has 1 aromatic heterocycles. The number of hydrogen-bond acceptors (Lipinski definition) is 7. The zero-order valence-electron chi connectivity index (χ0n) is 28.0. The van der Waals surface area contributed by atoms with Crippen LogP contribution in [0.15, 0.2) is 68.9 Å². The summed E-state index contributed by atoms with van der Waals surface area (Å²) in [5, 5.41) is 31.4. The highest BCUT2D eigenvalue weighted by Crippen LogP contribution is 2.66. The number of rotatable bonds is 10. The minimum Gasteiger partial charge on any atom is -0.504 e. The van der Waals surface area contributed by atoms with Gasteiger partial charge in [0.25, 0.3) is 0 Å². The third-order valence-electron chi connectivity index (χ3n) is 10.6. The number of phenolic OH excluding ortho intramolecular Hbond substituents is 2. The Bertz CT molecular complexity index is 1710.